The maximum Gasteiger partial charge on any atom is 0.416 e. The molecule has 2 atom stereocenters. The summed E-state index contributed by atoms with van der Waals surface area (Å²) in [4.78, 5) is 17.4. The molecular formula is C27H33F3N4O2S. The van der Waals surface area contributed by atoms with E-state index in [2.05, 4.69) is 15.5 Å². The van der Waals surface area contributed by atoms with Gasteiger partial charge in [-0.1, -0.05) is 32.4 Å². The Hall–Kier alpha value is -2.85. The van der Waals surface area contributed by atoms with E-state index in [0.717, 1.165) is 30.0 Å². The number of rotatable bonds is 6. The number of carbonyl (C=O) groups is 1. The Bertz CT molecular complexity index is 1120. The van der Waals surface area contributed by atoms with Crippen molar-refractivity contribution in [1.82, 2.24) is 15.1 Å². The zero-order chi connectivity index (χ0) is 26.8. The van der Waals surface area contributed by atoms with Crippen molar-refractivity contribution in [3.05, 3.63) is 59.7 Å². The summed E-state index contributed by atoms with van der Waals surface area (Å²) in [5, 5.41) is 7.44. The average Bonchev–Trinajstić information content (AvgIpc) is 3.15. The zero-order valence-corrected chi connectivity index (χ0v) is 22.1. The number of likely N-dealkylation sites (tertiary alicyclic amines) is 1. The van der Waals surface area contributed by atoms with Gasteiger partial charge in [-0.2, -0.15) is 13.2 Å². The highest BCUT2D eigenvalue weighted by molar-refractivity contribution is 7.80. The number of ether oxygens (including phenoxy) is 1. The third kappa shape index (κ3) is 5.85. The fourth-order valence-electron chi connectivity index (χ4n) is 5.06. The second kappa shape index (κ2) is 10.9. The third-order valence-corrected chi connectivity index (χ3v) is 7.86. The van der Waals surface area contributed by atoms with Crippen LogP contribution < -0.4 is 15.4 Å². The number of halogens is 3. The molecule has 1 spiro atoms. The van der Waals surface area contributed by atoms with Gasteiger partial charge in [-0.25, -0.2) is 0 Å². The lowest BCUT2D eigenvalue weighted by Crippen LogP contribution is -2.59. The van der Waals surface area contributed by atoms with Gasteiger partial charge in [-0.3, -0.25) is 10.1 Å². The normalized spacial score (nSPS) is 20.3. The van der Waals surface area contributed by atoms with Gasteiger partial charge in [0.2, 0.25) is 5.91 Å². The fraction of sp³-hybridized carbons (Fsp3) is 0.481. The van der Waals surface area contributed by atoms with Gasteiger partial charge in [0.25, 0.3) is 0 Å². The van der Waals surface area contributed by atoms with E-state index in [1.807, 2.05) is 38.1 Å². The molecule has 2 fully saturated rings. The second-order valence-electron chi connectivity index (χ2n) is 9.81. The van der Waals surface area contributed by atoms with E-state index in [1.165, 1.54) is 6.07 Å². The van der Waals surface area contributed by atoms with Gasteiger partial charge in [-0.15, -0.1) is 0 Å². The molecule has 2 N–H and O–H groups in total. The zero-order valence-electron chi connectivity index (χ0n) is 21.3. The summed E-state index contributed by atoms with van der Waals surface area (Å²) in [6.07, 6.45) is -2.40. The summed E-state index contributed by atoms with van der Waals surface area (Å²) < 4.78 is 45.1. The van der Waals surface area contributed by atoms with Crippen LogP contribution in [0.1, 0.15) is 44.2 Å². The van der Waals surface area contributed by atoms with Gasteiger partial charge in [0, 0.05) is 38.2 Å². The molecule has 200 valence electrons. The SMILES string of the molecule is CC[C@@H](C)[C@H]1NC2(CCN(C(=S)Nc3ccc(OC)cc3)CC2)N(Cc2cccc(C(F)(F)F)c2)C1=O. The molecule has 1 amide bonds. The van der Waals surface area contributed by atoms with E-state index in [1.54, 1.807) is 18.1 Å². The van der Waals surface area contributed by atoms with Crippen molar-refractivity contribution >= 4 is 28.9 Å². The number of anilines is 1. The second-order valence-corrected chi connectivity index (χ2v) is 10.2. The van der Waals surface area contributed by atoms with Gasteiger partial charge in [0.1, 0.15) is 5.75 Å². The molecule has 6 nitrogen and oxygen atoms in total. The Morgan fingerprint density at radius 3 is 2.49 bits per heavy atom. The highest BCUT2D eigenvalue weighted by Gasteiger charge is 2.52. The van der Waals surface area contributed by atoms with Crippen LogP contribution in [0.5, 0.6) is 5.75 Å². The number of thiocarbonyl (C=S) groups is 1. The van der Waals surface area contributed by atoms with Gasteiger partial charge >= 0.3 is 6.18 Å². The van der Waals surface area contributed by atoms with Crippen LogP contribution in [0.2, 0.25) is 0 Å². The van der Waals surface area contributed by atoms with Crippen LogP contribution in [0.4, 0.5) is 18.9 Å². The number of nitrogens with one attached hydrogen (secondary N) is 2. The summed E-state index contributed by atoms with van der Waals surface area (Å²) in [5.74, 6) is 0.802. The highest BCUT2D eigenvalue weighted by atomic mass is 32.1. The van der Waals surface area contributed by atoms with E-state index in [-0.39, 0.29) is 24.4 Å². The first-order chi connectivity index (χ1) is 17.6. The number of hydrogen-bond acceptors (Lipinski definition) is 4. The monoisotopic (exact) mass is 534 g/mol. The molecule has 0 aromatic heterocycles. The van der Waals surface area contributed by atoms with Crippen LogP contribution in [0, 0.1) is 5.92 Å². The average molecular weight is 535 g/mol. The molecule has 0 saturated carbocycles. The van der Waals surface area contributed by atoms with Crippen molar-refractivity contribution in [3.63, 3.8) is 0 Å². The lowest BCUT2D eigenvalue weighted by atomic mass is 9.95. The first-order valence-electron chi connectivity index (χ1n) is 12.5. The number of methoxy groups -OCH3 is 1. The molecule has 0 radical (unpaired) electrons. The maximum atomic E-state index is 13.6. The van der Waals surface area contributed by atoms with Gasteiger partial charge in [0.05, 0.1) is 24.4 Å². The number of amides is 1. The molecule has 0 bridgehead atoms. The summed E-state index contributed by atoms with van der Waals surface area (Å²) in [5.41, 5.74) is -0.0236. The van der Waals surface area contributed by atoms with Crippen molar-refractivity contribution in [2.45, 2.75) is 57.5 Å². The molecule has 10 heteroatoms. The van der Waals surface area contributed by atoms with Crippen LogP contribution in [0.15, 0.2) is 48.5 Å². The van der Waals surface area contributed by atoms with Gasteiger partial charge < -0.3 is 19.9 Å². The predicted molar refractivity (Wildman–Crippen MR) is 141 cm³/mol. The van der Waals surface area contributed by atoms with E-state index in [4.69, 9.17) is 17.0 Å². The van der Waals surface area contributed by atoms with Gasteiger partial charge in [-0.05, 0) is 60.1 Å². The molecule has 2 aliphatic rings. The minimum atomic E-state index is -4.43. The Morgan fingerprint density at radius 1 is 1.22 bits per heavy atom. The van der Waals surface area contributed by atoms with Crippen molar-refractivity contribution < 1.29 is 22.7 Å². The number of hydrogen-bond donors (Lipinski definition) is 2. The van der Waals surface area contributed by atoms with Crippen LogP contribution >= 0.6 is 12.2 Å². The molecular weight excluding hydrogens is 501 g/mol. The lowest BCUT2D eigenvalue weighted by molar-refractivity contribution is -0.137. The molecule has 2 heterocycles. The molecule has 2 aromatic carbocycles. The van der Waals surface area contributed by atoms with Crippen molar-refractivity contribution in [3.8, 4) is 5.75 Å². The Labute approximate surface area is 221 Å². The molecule has 0 unspecified atom stereocenters. The fourth-order valence-corrected chi connectivity index (χ4v) is 5.36. The third-order valence-electron chi connectivity index (χ3n) is 7.50. The van der Waals surface area contributed by atoms with E-state index >= 15 is 0 Å². The number of carbonyl (C=O) groups excluding carboxylic acids is 1. The van der Waals surface area contributed by atoms with Crippen molar-refractivity contribution in [2.75, 3.05) is 25.5 Å². The first-order valence-corrected chi connectivity index (χ1v) is 12.9. The maximum absolute atomic E-state index is 13.6. The molecule has 4 rings (SSSR count). The Kier molecular flexibility index (Phi) is 7.99. The topological polar surface area (TPSA) is 56.8 Å². The van der Waals surface area contributed by atoms with Gasteiger partial charge in [0.15, 0.2) is 5.11 Å². The Balaban J connectivity index is 1.50. The smallest absolute Gasteiger partial charge is 0.416 e. The predicted octanol–water partition coefficient (Wildman–Crippen LogP) is 5.25. The minimum Gasteiger partial charge on any atom is -0.497 e. The quantitative estimate of drug-likeness (QED) is 0.494. The summed E-state index contributed by atoms with van der Waals surface area (Å²) in [7, 11) is 1.61. The lowest BCUT2D eigenvalue weighted by Gasteiger charge is -2.45. The number of nitrogens with zero attached hydrogens (tertiary/aromatic N) is 2. The van der Waals surface area contributed by atoms with Crippen LogP contribution in [-0.2, 0) is 17.5 Å². The summed E-state index contributed by atoms with van der Waals surface area (Å²) in [6, 6.07) is 12.4. The summed E-state index contributed by atoms with van der Waals surface area (Å²) in [6.45, 7) is 5.40. The molecule has 2 aromatic rings. The Morgan fingerprint density at radius 2 is 1.89 bits per heavy atom. The van der Waals surface area contributed by atoms with E-state index in [9.17, 15) is 18.0 Å². The number of benzene rings is 2. The van der Waals surface area contributed by atoms with Crippen molar-refractivity contribution in [2.24, 2.45) is 5.92 Å². The van der Waals surface area contributed by atoms with E-state index < -0.39 is 17.4 Å². The van der Waals surface area contributed by atoms with Crippen LogP contribution in [0.25, 0.3) is 0 Å². The largest absolute Gasteiger partial charge is 0.497 e. The van der Waals surface area contributed by atoms with Crippen LogP contribution in [-0.4, -0.2) is 52.7 Å². The van der Waals surface area contributed by atoms with Crippen molar-refractivity contribution in [1.29, 1.82) is 0 Å². The number of piperidine rings is 1. The standard InChI is InChI=1S/C27H33F3N4O2S/c1-4-18(2)23-24(35)34(17-19-6-5-7-20(16-19)27(28,29)30)26(32-23)12-14-33(15-13-26)25(37)31-21-8-10-22(36-3)11-9-21/h5-11,16,18,23,32H,4,12-15,17H2,1-3H3,(H,31,37)/t18-,23-/m1/s1. The van der Waals surface area contributed by atoms with Crippen LogP contribution in [0.3, 0.4) is 0 Å². The highest BCUT2D eigenvalue weighted by Crippen LogP contribution is 2.37. The first kappa shape index (κ1) is 27.2. The molecule has 0 aliphatic carbocycles. The molecule has 37 heavy (non-hydrogen) atoms. The molecule has 2 saturated heterocycles. The van der Waals surface area contributed by atoms with E-state index in [0.29, 0.717) is 36.6 Å². The summed E-state index contributed by atoms with van der Waals surface area (Å²) >= 11 is 5.65. The molecule has 2 aliphatic heterocycles. The number of alkyl halides is 3. The minimum absolute atomic E-state index is 0.0563.